The summed E-state index contributed by atoms with van der Waals surface area (Å²) in [6, 6.07) is 20.6. The van der Waals surface area contributed by atoms with Gasteiger partial charge in [-0.25, -0.2) is 4.99 Å². The molecule has 6 atom stereocenters. The Morgan fingerprint density at radius 2 is 1.52 bits per heavy atom. The third-order valence-corrected chi connectivity index (χ3v) is 6.06. The zero-order chi connectivity index (χ0) is 21.8. The first-order chi connectivity index (χ1) is 15.0. The smallest absolute Gasteiger partial charge is 0.287 e. The van der Waals surface area contributed by atoms with Gasteiger partial charge in [0, 0.05) is 20.0 Å². The van der Waals surface area contributed by atoms with E-state index >= 15 is 0 Å². The van der Waals surface area contributed by atoms with E-state index in [-0.39, 0.29) is 30.3 Å². The molecule has 6 unspecified atom stereocenters. The van der Waals surface area contributed by atoms with E-state index in [4.69, 9.17) is 19.2 Å². The molecule has 166 valence electrons. The highest BCUT2D eigenvalue weighted by molar-refractivity contribution is 5.75. The highest BCUT2D eigenvalue weighted by Crippen LogP contribution is 2.38. The lowest BCUT2D eigenvalue weighted by atomic mass is 9.77. The standard InChI is InChI=1S/C25H32N2O4/c1-17(28)20-14-21-22(26-25(31-21)27(2)3)24(30-16-19-12-8-5-9-13-19)23(20)29-15-18-10-6-4-7-11-18/h4-13,17,20-24,28H,14-16H2,1-3H3. The first-order valence-corrected chi connectivity index (χ1v) is 10.9. The van der Waals surface area contributed by atoms with Gasteiger partial charge in [-0.05, 0) is 24.5 Å². The molecular weight excluding hydrogens is 392 g/mol. The molecule has 1 heterocycles. The van der Waals surface area contributed by atoms with Crippen LogP contribution in [0.15, 0.2) is 65.7 Å². The predicted molar refractivity (Wildman–Crippen MR) is 120 cm³/mol. The Balaban J connectivity index is 1.59. The minimum atomic E-state index is -0.545. The fraction of sp³-hybridized carbons (Fsp3) is 0.480. The second kappa shape index (κ2) is 9.81. The molecule has 1 N–H and O–H groups in total. The summed E-state index contributed by atoms with van der Waals surface area (Å²) in [6.07, 6.45) is -0.613. The number of fused-ring (bicyclic) bond motifs is 1. The number of aliphatic imine (C=N–C) groups is 1. The van der Waals surface area contributed by atoms with Crippen LogP contribution in [-0.4, -0.2) is 60.6 Å². The molecule has 1 aliphatic heterocycles. The van der Waals surface area contributed by atoms with Crippen LogP contribution < -0.4 is 0 Å². The maximum Gasteiger partial charge on any atom is 0.287 e. The van der Waals surface area contributed by atoms with E-state index in [2.05, 4.69) is 0 Å². The average Bonchev–Trinajstić information content (AvgIpc) is 3.22. The maximum absolute atomic E-state index is 10.6. The summed E-state index contributed by atoms with van der Waals surface area (Å²) in [5, 5.41) is 10.6. The molecule has 0 radical (unpaired) electrons. The largest absolute Gasteiger partial charge is 0.459 e. The summed E-state index contributed by atoms with van der Waals surface area (Å²) < 4.78 is 19.0. The zero-order valence-corrected chi connectivity index (χ0v) is 18.4. The van der Waals surface area contributed by atoms with Crippen LogP contribution in [0.5, 0.6) is 0 Å². The second-order valence-corrected chi connectivity index (χ2v) is 8.62. The maximum atomic E-state index is 10.6. The lowest BCUT2D eigenvalue weighted by Gasteiger charge is -2.43. The van der Waals surface area contributed by atoms with Crippen molar-refractivity contribution in [3.8, 4) is 0 Å². The van der Waals surface area contributed by atoms with Crippen molar-refractivity contribution in [3.63, 3.8) is 0 Å². The van der Waals surface area contributed by atoms with Gasteiger partial charge in [-0.2, -0.15) is 0 Å². The van der Waals surface area contributed by atoms with Crippen LogP contribution >= 0.6 is 0 Å². The van der Waals surface area contributed by atoms with Gasteiger partial charge in [0.25, 0.3) is 6.02 Å². The molecule has 0 bridgehead atoms. The number of hydrogen-bond donors (Lipinski definition) is 1. The van der Waals surface area contributed by atoms with E-state index in [9.17, 15) is 5.11 Å². The van der Waals surface area contributed by atoms with Crippen molar-refractivity contribution in [1.29, 1.82) is 0 Å². The van der Waals surface area contributed by atoms with Crippen LogP contribution in [0.2, 0.25) is 0 Å². The van der Waals surface area contributed by atoms with Crippen LogP contribution in [0, 0.1) is 5.92 Å². The summed E-state index contributed by atoms with van der Waals surface area (Å²) in [5.74, 6) is -0.109. The van der Waals surface area contributed by atoms with E-state index in [0.29, 0.717) is 25.7 Å². The minimum absolute atomic E-state index is 0.109. The Kier molecular flexibility index (Phi) is 6.90. The fourth-order valence-corrected chi connectivity index (χ4v) is 4.40. The lowest BCUT2D eigenvalue weighted by Crippen LogP contribution is -2.56. The molecule has 2 aromatic carbocycles. The SMILES string of the molecule is CC(O)C1CC2OC(N(C)C)=NC2C(OCc2ccccc2)C1OCc1ccccc1. The van der Waals surface area contributed by atoms with Crippen molar-refractivity contribution in [2.75, 3.05) is 14.1 Å². The van der Waals surface area contributed by atoms with Gasteiger partial charge in [0.2, 0.25) is 0 Å². The number of hydrogen-bond acceptors (Lipinski definition) is 6. The Morgan fingerprint density at radius 1 is 0.968 bits per heavy atom. The molecule has 6 heteroatoms. The summed E-state index contributed by atoms with van der Waals surface area (Å²) in [6.45, 7) is 2.74. The molecule has 31 heavy (non-hydrogen) atoms. The first kappa shape index (κ1) is 21.8. The highest BCUT2D eigenvalue weighted by atomic mass is 16.6. The van der Waals surface area contributed by atoms with Crippen LogP contribution in [0.3, 0.4) is 0 Å². The van der Waals surface area contributed by atoms with Crippen molar-refractivity contribution in [1.82, 2.24) is 4.90 Å². The van der Waals surface area contributed by atoms with Crippen LogP contribution in [0.1, 0.15) is 24.5 Å². The Morgan fingerprint density at radius 3 is 2.03 bits per heavy atom. The quantitative estimate of drug-likeness (QED) is 0.739. The minimum Gasteiger partial charge on any atom is -0.459 e. The third-order valence-electron chi connectivity index (χ3n) is 6.06. The van der Waals surface area contributed by atoms with Crippen molar-refractivity contribution < 1.29 is 19.3 Å². The zero-order valence-electron chi connectivity index (χ0n) is 18.4. The van der Waals surface area contributed by atoms with Crippen LogP contribution in [0.25, 0.3) is 0 Å². The van der Waals surface area contributed by atoms with Gasteiger partial charge in [0.05, 0.1) is 25.4 Å². The normalized spacial score (nSPS) is 28.4. The van der Waals surface area contributed by atoms with E-state index in [0.717, 1.165) is 11.1 Å². The van der Waals surface area contributed by atoms with E-state index in [1.807, 2.05) is 86.6 Å². The van der Waals surface area contributed by atoms with Crippen molar-refractivity contribution >= 4 is 6.02 Å². The topological polar surface area (TPSA) is 63.5 Å². The summed E-state index contributed by atoms with van der Waals surface area (Å²) >= 11 is 0. The third kappa shape index (κ3) is 5.09. The summed E-state index contributed by atoms with van der Waals surface area (Å²) in [4.78, 5) is 6.71. The molecule has 6 nitrogen and oxygen atoms in total. The van der Waals surface area contributed by atoms with Gasteiger partial charge in [0.1, 0.15) is 18.2 Å². The molecule has 4 rings (SSSR count). The Labute approximate surface area is 184 Å². The number of aliphatic hydroxyl groups excluding tert-OH is 1. The first-order valence-electron chi connectivity index (χ1n) is 10.9. The molecule has 2 aliphatic rings. The van der Waals surface area contributed by atoms with Crippen molar-refractivity contribution in [2.45, 2.75) is 57.0 Å². The van der Waals surface area contributed by atoms with Crippen molar-refractivity contribution in [3.05, 3.63) is 71.8 Å². The summed E-state index contributed by atoms with van der Waals surface area (Å²) in [7, 11) is 3.84. The number of benzene rings is 2. The fourth-order valence-electron chi connectivity index (χ4n) is 4.40. The van der Waals surface area contributed by atoms with Gasteiger partial charge in [-0.15, -0.1) is 0 Å². The van der Waals surface area contributed by atoms with Crippen LogP contribution in [0.4, 0.5) is 0 Å². The molecule has 0 aromatic heterocycles. The van der Waals surface area contributed by atoms with Gasteiger partial charge < -0.3 is 24.2 Å². The molecule has 0 amide bonds. The van der Waals surface area contributed by atoms with E-state index in [1.54, 1.807) is 0 Å². The molecule has 0 spiro atoms. The highest BCUT2D eigenvalue weighted by Gasteiger charge is 2.52. The van der Waals surface area contributed by atoms with Gasteiger partial charge in [-0.3, -0.25) is 0 Å². The van der Waals surface area contributed by atoms with E-state index < -0.39 is 6.10 Å². The molecule has 1 saturated carbocycles. The number of ether oxygens (including phenoxy) is 3. The number of nitrogens with zero attached hydrogens (tertiary/aromatic N) is 2. The average molecular weight is 425 g/mol. The predicted octanol–water partition coefficient (Wildman–Crippen LogP) is 3.24. The number of aliphatic hydroxyl groups is 1. The Hall–Kier alpha value is -2.41. The van der Waals surface area contributed by atoms with Gasteiger partial charge in [0.15, 0.2) is 0 Å². The lowest BCUT2D eigenvalue weighted by molar-refractivity contribution is -0.168. The molecular formula is C25H32N2O4. The summed E-state index contributed by atoms with van der Waals surface area (Å²) in [5.41, 5.74) is 2.19. The monoisotopic (exact) mass is 424 g/mol. The van der Waals surface area contributed by atoms with Gasteiger partial charge >= 0.3 is 0 Å². The van der Waals surface area contributed by atoms with E-state index in [1.165, 1.54) is 0 Å². The molecule has 0 saturated heterocycles. The molecule has 1 fully saturated rings. The van der Waals surface area contributed by atoms with Crippen LogP contribution in [-0.2, 0) is 27.4 Å². The van der Waals surface area contributed by atoms with Gasteiger partial charge in [-0.1, -0.05) is 60.7 Å². The molecule has 2 aromatic rings. The second-order valence-electron chi connectivity index (χ2n) is 8.62. The van der Waals surface area contributed by atoms with Crippen molar-refractivity contribution in [2.24, 2.45) is 10.9 Å². The number of rotatable bonds is 7. The molecule has 1 aliphatic carbocycles. The Bertz CT molecular complexity index is 856. The number of amidine groups is 1.